The number of ether oxygens (including phenoxy) is 1. The van der Waals surface area contributed by atoms with E-state index in [2.05, 4.69) is 15.6 Å². The highest BCUT2D eigenvalue weighted by Crippen LogP contribution is 2.54. The molecule has 4 aromatic rings. The first kappa shape index (κ1) is 24.0. The fraction of sp³-hybridized carbons (Fsp3) is 0.207. The molecule has 11 nitrogen and oxygen atoms in total. The number of nitrogens with one attached hydrogen (secondary N) is 3. The van der Waals surface area contributed by atoms with E-state index >= 15 is 0 Å². The number of nitro benzene ring substituents is 1. The number of amides is 3. The number of nitrogens with zero attached hydrogens (tertiary/aromatic N) is 2. The molecule has 0 bridgehead atoms. The summed E-state index contributed by atoms with van der Waals surface area (Å²) in [4.78, 5) is 57.4. The van der Waals surface area contributed by atoms with Crippen LogP contribution in [0.25, 0.3) is 10.9 Å². The van der Waals surface area contributed by atoms with Gasteiger partial charge in [-0.05, 0) is 30.2 Å². The zero-order valence-corrected chi connectivity index (χ0v) is 21.2. The number of rotatable bonds is 5. The molecule has 4 atom stereocenters. The molecular formula is C29H23N5O6. The van der Waals surface area contributed by atoms with Crippen molar-refractivity contribution in [2.24, 2.45) is 11.8 Å². The lowest BCUT2D eigenvalue weighted by molar-refractivity contribution is -0.384. The summed E-state index contributed by atoms with van der Waals surface area (Å²) in [6, 6.07) is 18.1. The van der Waals surface area contributed by atoms with Gasteiger partial charge in [-0.1, -0.05) is 36.4 Å². The molecule has 3 aliphatic heterocycles. The van der Waals surface area contributed by atoms with Crippen LogP contribution in [0.1, 0.15) is 11.1 Å². The van der Waals surface area contributed by atoms with Gasteiger partial charge < -0.3 is 15.0 Å². The first-order valence-electron chi connectivity index (χ1n) is 12.8. The number of fused-ring (bicyclic) bond motifs is 5. The van der Waals surface area contributed by atoms with E-state index in [1.54, 1.807) is 24.3 Å². The van der Waals surface area contributed by atoms with E-state index in [9.17, 15) is 24.5 Å². The Kier molecular flexibility index (Phi) is 5.10. The number of carbonyl (C=O) groups excluding carboxylic acids is 3. The minimum absolute atomic E-state index is 0.0196. The largest absolute Gasteiger partial charge is 0.495 e. The lowest BCUT2D eigenvalue weighted by atomic mass is 9.76. The molecule has 1 spiro atoms. The Labute approximate surface area is 227 Å². The topological polar surface area (TPSA) is 147 Å². The van der Waals surface area contributed by atoms with Crippen molar-refractivity contribution in [3.8, 4) is 5.75 Å². The molecule has 0 unspecified atom stereocenters. The van der Waals surface area contributed by atoms with Gasteiger partial charge in [0.25, 0.3) is 5.69 Å². The molecule has 0 saturated carbocycles. The van der Waals surface area contributed by atoms with Crippen LogP contribution in [0, 0.1) is 22.0 Å². The highest BCUT2D eigenvalue weighted by Gasteiger charge is 2.70. The molecule has 2 saturated heterocycles. The molecule has 0 radical (unpaired) electrons. The maximum atomic E-state index is 14.3. The van der Waals surface area contributed by atoms with Crippen molar-refractivity contribution in [1.82, 2.24) is 10.3 Å². The highest BCUT2D eigenvalue weighted by molar-refractivity contribution is 6.26. The molecule has 2 fully saturated rings. The Morgan fingerprint density at radius 3 is 2.60 bits per heavy atom. The minimum Gasteiger partial charge on any atom is -0.495 e. The van der Waals surface area contributed by atoms with Crippen LogP contribution in [0.4, 0.5) is 17.1 Å². The number of imide groups is 1. The lowest BCUT2D eigenvalue weighted by Crippen LogP contribution is -2.53. The number of non-ortho nitro benzene ring substituents is 1. The molecule has 3 N–H and O–H groups in total. The molecule has 40 heavy (non-hydrogen) atoms. The quantitative estimate of drug-likeness (QED) is 0.201. The summed E-state index contributed by atoms with van der Waals surface area (Å²) >= 11 is 0. The van der Waals surface area contributed by atoms with Crippen LogP contribution in [0.5, 0.6) is 5.75 Å². The molecule has 4 heterocycles. The van der Waals surface area contributed by atoms with Gasteiger partial charge in [0.15, 0.2) is 0 Å². The standard InChI is InChI=1S/C29H23N5O6/c1-40-23-11-10-16(34(38)39)13-22(23)33-26(35)24-21(12-15-14-30-19-8-4-2-6-17(15)19)32-29(25(24)27(33)36)18-7-3-5-9-20(18)31-28(29)37/h2-11,13-14,21,24-25,30,32H,12H2,1H3,(H,31,37)/t21-,24+,25+,29-/m1/s1. The Balaban J connectivity index is 1.39. The van der Waals surface area contributed by atoms with Gasteiger partial charge in [0.05, 0.1) is 23.9 Å². The van der Waals surface area contributed by atoms with Crippen LogP contribution in [0.3, 0.4) is 0 Å². The number of hydrogen-bond donors (Lipinski definition) is 3. The maximum absolute atomic E-state index is 14.3. The average molecular weight is 538 g/mol. The van der Waals surface area contributed by atoms with Crippen LogP contribution >= 0.6 is 0 Å². The van der Waals surface area contributed by atoms with Crippen molar-refractivity contribution in [1.29, 1.82) is 0 Å². The molecule has 1 aromatic heterocycles. The monoisotopic (exact) mass is 537 g/mol. The van der Waals surface area contributed by atoms with Crippen LogP contribution < -0.4 is 20.3 Å². The SMILES string of the molecule is COc1ccc([N+](=O)[O-])cc1N1C(=O)[C@@H]2[C@@H](C1=O)[C@@]1(N[C@@H]2Cc2c[nH]c3ccccc23)C(=O)Nc2ccccc21. The summed E-state index contributed by atoms with van der Waals surface area (Å²) in [5, 5.41) is 18.9. The fourth-order valence-electron chi connectivity index (χ4n) is 6.67. The van der Waals surface area contributed by atoms with E-state index in [0.29, 0.717) is 17.7 Å². The van der Waals surface area contributed by atoms with Gasteiger partial charge in [-0.15, -0.1) is 0 Å². The Hall–Kier alpha value is -5.03. The van der Waals surface area contributed by atoms with Crippen LogP contribution in [-0.2, 0) is 26.3 Å². The first-order chi connectivity index (χ1) is 19.3. The van der Waals surface area contributed by atoms with Gasteiger partial charge in [0.1, 0.15) is 17.0 Å². The second kappa shape index (κ2) is 8.48. The number of anilines is 2. The summed E-state index contributed by atoms with van der Waals surface area (Å²) in [5.74, 6) is -3.43. The fourth-order valence-corrected chi connectivity index (χ4v) is 6.67. The predicted molar refractivity (Wildman–Crippen MR) is 145 cm³/mol. The summed E-state index contributed by atoms with van der Waals surface area (Å²) < 4.78 is 5.40. The lowest BCUT2D eigenvalue weighted by Gasteiger charge is -2.29. The van der Waals surface area contributed by atoms with E-state index in [4.69, 9.17) is 4.74 Å². The number of nitro groups is 1. The molecular weight excluding hydrogens is 514 g/mol. The number of aromatic nitrogens is 1. The summed E-state index contributed by atoms with van der Waals surface area (Å²) in [6.07, 6.45) is 2.24. The summed E-state index contributed by atoms with van der Waals surface area (Å²) in [7, 11) is 1.36. The number of benzene rings is 3. The Morgan fingerprint density at radius 1 is 1.02 bits per heavy atom. The van der Waals surface area contributed by atoms with Gasteiger partial charge in [0, 0.05) is 46.5 Å². The second-order valence-electron chi connectivity index (χ2n) is 10.3. The van der Waals surface area contributed by atoms with Gasteiger partial charge in [-0.25, -0.2) is 4.90 Å². The highest BCUT2D eigenvalue weighted by atomic mass is 16.6. The third-order valence-electron chi connectivity index (χ3n) is 8.35. The van der Waals surface area contributed by atoms with E-state index in [-0.39, 0.29) is 17.1 Å². The van der Waals surface area contributed by atoms with Gasteiger partial charge in [-0.2, -0.15) is 0 Å². The number of aromatic amines is 1. The van der Waals surface area contributed by atoms with Crippen LogP contribution in [-0.4, -0.2) is 40.8 Å². The average Bonchev–Trinajstić information content (AvgIpc) is 3.67. The molecule has 3 aromatic carbocycles. The van der Waals surface area contributed by atoms with Crippen molar-refractivity contribution >= 4 is 45.7 Å². The van der Waals surface area contributed by atoms with Crippen molar-refractivity contribution in [3.05, 3.63) is 94.2 Å². The summed E-state index contributed by atoms with van der Waals surface area (Å²) in [5.41, 5.74) is 1.22. The molecule has 200 valence electrons. The predicted octanol–water partition coefficient (Wildman–Crippen LogP) is 3.25. The smallest absolute Gasteiger partial charge is 0.271 e. The zero-order valence-electron chi connectivity index (χ0n) is 21.2. The molecule has 7 rings (SSSR count). The minimum atomic E-state index is -1.49. The molecule has 0 aliphatic carbocycles. The van der Waals surface area contributed by atoms with Gasteiger partial charge in [0.2, 0.25) is 17.7 Å². The number of H-pyrrole nitrogens is 1. The van der Waals surface area contributed by atoms with Gasteiger partial charge >= 0.3 is 0 Å². The second-order valence-corrected chi connectivity index (χ2v) is 10.3. The number of carbonyl (C=O) groups is 3. The van der Waals surface area contributed by atoms with Crippen molar-refractivity contribution in [2.75, 3.05) is 17.3 Å². The van der Waals surface area contributed by atoms with E-state index in [1.165, 1.54) is 19.2 Å². The Morgan fingerprint density at radius 2 is 1.80 bits per heavy atom. The normalized spacial score (nSPS) is 25.0. The van der Waals surface area contributed by atoms with E-state index in [0.717, 1.165) is 27.4 Å². The molecule has 11 heteroatoms. The third kappa shape index (κ3) is 3.12. The van der Waals surface area contributed by atoms with E-state index in [1.807, 2.05) is 30.5 Å². The molecule has 3 amide bonds. The third-order valence-corrected chi connectivity index (χ3v) is 8.35. The number of methoxy groups -OCH3 is 1. The first-order valence-corrected chi connectivity index (χ1v) is 12.8. The van der Waals surface area contributed by atoms with Gasteiger partial charge in [-0.3, -0.25) is 29.8 Å². The number of hydrogen-bond acceptors (Lipinski definition) is 7. The summed E-state index contributed by atoms with van der Waals surface area (Å²) in [6.45, 7) is 0. The van der Waals surface area contributed by atoms with E-state index < -0.39 is 46.1 Å². The Bertz CT molecular complexity index is 1760. The molecule has 3 aliphatic rings. The van der Waals surface area contributed by atoms with Crippen LogP contribution in [0.15, 0.2) is 72.9 Å². The van der Waals surface area contributed by atoms with Crippen molar-refractivity contribution < 1.29 is 24.0 Å². The number of para-hydroxylation sites is 2. The van der Waals surface area contributed by atoms with Crippen LogP contribution in [0.2, 0.25) is 0 Å². The van der Waals surface area contributed by atoms with Crippen molar-refractivity contribution in [3.63, 3.8) is 0 Å². The zero-order chi connectivity index (χ0) is 27.8. The maximum Gasteiger partial charge on any atom is 0.271 e. The van der Waals surface area contributed by atoms with Crippen molar-refractivity contribution in [2.45, 2.75) is 18.0 Å².